The van der Waals surface area contributed by atoms with E-state index in [-0.39, 0.29) is 19.0 Å². The molecule has 1 aromatic rings. The van der Waals surface area contributed by atoms with Crippen LogP contribution < -0.4 is 10.6 Å². The highest BCUT2D eigenvalue weighted by Crippen LogP contribution is 2.07. The number of nitrogens with one attached hydrogen (secondary N) is 2. The van der Waals surface area contributed by atoms with Gasteiger partial charge in [0.05, 0.1) is 0 Å². The van der Waals surface area contributed by atoms with Crippen LogP contribution in [0.15, 0.2) is 18.5 Å². The second-order valence-electron chi connectivity index (χ2n) is 3.79. The fourth-order valence-corrected chi connectivity index (χ4v) is 1.61. The van der Waals surface area contributed by atoms with Crippen LogP contribution in [-0.4, -0.2) is 57.0 Å². The molecule has 3 N–H and O–H groups in total. The fraction of sp³-hybridized carbons (Fsp3) is 0.300. The Balaban J connectivity index is 2.11. The Kier molecular flexibility index (Phi) is 3.55. The molecule has 9 nitrogen and oxygen atoms in total. The van der Waals surface area contributed by atoms with Gasteiger partial charge in [0.15, 0.2) is 0 Å². The molecule has 1 atom stereocenters. The molecule has 1 aliphatic rings. The number of anilines is 1. The Bertz CT molecular complexity index is 506. The number of urea groups is 1. The van der Waals surface area contributed by atoms with Gasteiger partial charge in [-0.15, -0.1) is 0 Å². The van der Waals surface area contributed by atoms with Crippen molar-refractivity contribution in [3.63, 3.8) is 0 Å². The molecule has 0 radical (unpaired) electrons. The molecule has 1 saturated heterocycles. The maximum atomic E-state index is 11.9. The maximum absolute atomic E-state index is 11.9. The van der Waals surface area contributed by atoms with Crippen LogP contribution in [-0.2, 0) is 9.59 Å². The molecular formula is C10H11N5O4. The zero-order valence-electron chi connectivity index (χ0n) is 9.74. The quantitative estimate of drug-likeness (QED) is 0.623. The number of amides is 3. The van der Waals surface area contributed by atoms with Crippen LogP contribution in [0.1, 0.15) is 0 Å². The van der Waals surface area contributed by atoms with Crippen molar-refractivity contribution in [1.29, 1.82) is 0 Å². The number of carboxylic acids is 1. The van der Waals surface area contributed by atoms with Gasteiger partial charge in [-0.05, 0) is 6.07 Å². The number of aromatic nitrogens is 2. The summed E-state index contributed by atoms with van der Waals surface area (Å²) in [6, 6.07) is -0.265. The monoisotopic (exact) mass is 265 g/mol. The number of carbonyl (C=O) groups is 3. The Morgan fingerprint density at radius 1 is 1.42 bits per heavy atom. The van der Waals surface area contributed by atoms with Gasteiger partial charge >= 0.3 is 12.0 Å². The molecule has 0 saturated carbocycles. The van der Waals surface area contributed by atoms with Crippen LogP contribution in [0.3, 0.4) is 0 Å². The van der Waals surface area contributed by atoms with Crippen LogP contribution >= 0.6 is 0 Å². The first-order valence-electron chi connectivity index (χ1n) is 5.42. The lowest BCUT2D eigenvalue weighted by Crippen LogP contribution is -2.60. The SMILES string of the molecule is O=C1CN(C(=O)Nc2ncccn2)C(C(=O)O)CN1. The van der Waals surface area contributed by atoms with Crippen molar-refractivity contribution in [2.45, 2.75) is 6.04 Å². The predicted molar refractivity (Wildman–Crippen MR) is 62.2 cm³/mol. The Hall–Kier alpha value is -2.71. The highest BCUT2D eigenvalue weighted by atomic mass is 16.4. The summed E-state index contributed by atoms with van der Waals surface area (Å²) in [5.41, 5.74) is 0. The zero-order valence-corrected chi connectivity index (χ0v) is 9.74. The van der Waals surface area contributed by atoms with E-state index in [1.165, 1.54) is 12.4 Å². The first kappa shape index (κ1) is 12.7. The van der Waals surface area contributed by atoms with E-state index in [0.717, 1.165) is 4.90 Å². The van der Waals surface area contributed by atoms with Gasteiger partial charge in [0, 0.05) is 18.9 Å². The number of rotatable bonds is 2. The van der Waals surface area contributed by atoms with Gasteiger partial charge in [0.2, 0.25) is 11.9 Å². The molecule has 2 heterocycles. The smallest absolute Gasteiger partial charge is 0.328 e. The van der Waals surface area contributed by atoms with Crippen molar-refractivity contribution < 1.29 is 19.5 Å². The fourth-order valence-electron chi connectivity index (χ4n) is 1.61. The summed E-state index contributed by atoms with van der Waals surface area (Å²) in [6.07, 6.45) is 2.86. The van der Waals surface area contributed by atoms with Crippen LogP contribution in [0.4, 0.5) is 10.7 Å². The maximum Gasteiger partial charge on any atom is 0.328 e. The molecule has 0 spiro atoms. The minimum atomic E-state index is -1.19. The van der Waals surface area contributed by atoms with Crippen LogP contribution in [0.25, 0.3) is 0 Å². The second-order valence-corrected chi connectivity index (χ2v) is 3.79. The third kappa shape index (κ3) is 2.94. The lowest BCUT2D eigenvalue weighted by Gasteiger charge is -2.32. The van der Waals surface area contributed by atoms with E-state index in [9.17, 15) is 14.4 Å². The minimum Gasteiger partial charge on any atom is -0.480 e. The summed E-state index contributed by atoms with van der Waals surface area (Å²) in [4.78, 5) is 42.7. The molecule has 0 aromatic carbocycles. The molecule has 3 amide bonds. The molecule has 0 aliphatic carbocycles. The highest BCUT2D eigenvalue weighted by Gasteiger charge is 2.35. The average Bonchev–Trinajstić information content (AvgIpc) is 2.39. The summed E-state index contributed by atoms with van der Waals surface area (Å²) in [5, 5.41) is 13.7. The number of nitrogens with zero attached hydrogens (tertiary/aromatic N) is 3. The Labute approximate surface area is 107 Å². The van der Waals surface area contributed by atoms with Crippen molar-refractivity contribution in [3.8, 4) is 0 Å². The second kappa shape index (κ2) is 5.29. The van der Waals surface area contributed by atoms with Crippen molar-refractivity contribution in [3.05, 3.63) is 18.5 Å². The first-order chi connectivity index (χ1) is 9.08. The number of hydrogen-bond donors (Lipinski definition) is 3. The topological polar surface area (TPSA) is 125 Å². The van der Waals surface area contributed by atoms with E-state index in [1.807, 2.05) is 0 Å². The highest BCUT2D eigenvalue weighted by molar-refractivity contribution is 5.95. The van der Waals surface area contributed by atoms with Crippen molar-refractivity contribution in [2.24, 2.45) is 0 Å². The molecule has 2 rings (SSSR count). The number of carbonyl (C=O) groups excluding carboxylic acids is 2. The molecule has 1 aromatic heterocycles. The zero-order chi connectivity index (χ0) is 13.8. The average molecular weight is 265 g/mol. The molecule has 9 heteroatoms. The summed E-state index contributed by atoms with van der Waals surface area (Å²) >= 11 is 0. The van der Waals surface area contributed by atoms with Gasteiger partial charge in [-0.25, -0.2) is 19.6 Å². The van der Waals surface area contributed by atoms with Gasteiger partial charge in [-0.1, -0.05) is 0 Å². The molecule has 19 heavy (non-hydrogen) atoms. The van der Waals surface area contributed by atoms with Gasteiger partial charge in [-0.3, -0.25) is 15.0 Å². The van der Waals surface area contributed by atoms with Gasteiger partial charge < -0.3 is 10.4 Å². The van der Waals surface area contributed by atoms with E-state index < -0.39 is 23.9 Å². The lowest BCUT2D eigenvalue weighted by molar-refractivity contribution is -0.144. The molecule has 1 aliphatic heterocycles. The van der Waals surface area contributed by atoms with Crippen LogP contribution in [0.5, 0.6) is 0 Å². The molecule has 1 fully saturated rings. The van der Waals surface area contributed by atoms with Crippen molar-refractivity contribution in [1.82, 2.24) is 20.2 Å². The number of hydrogen-bond acceptors (Lipinski definition) is 5. The first-order valence-corrected chi connectivity index (χ1v) is 5.42. The lowest BCUT2D eigenvalue weighted by atomic mass is 10.2. The van der Waals surface area contributed by atoms with Gasteiger partial charge in [-0.2, -0.15) is 0 Å². The van der Waals surface area contributed by atoms with Gasteiger partial charge in [0.25, 0.3) is 0 Å². The molecule has 1 unspecified atom stereocenters. The van der Waals surface area contributed by atoms with Crippen molar-refractivity contribution in [2.75, 3.05) is 18.4 Å². The van der Waals surface area contributed by atoms with E-state index in [2.05, 4.69) is 20.6 Å². The summed E-state index contributed by atoms with van der Waals surface area (Å²) < 4.78 is 0. The third-order valence-electron chi connectivity index (χ3n) is 2.51. The van der Waals surface area contributed by atoms with Crippen LogP contribution in [0, 0.1) is 0 Å². The van der Waals surface area contributed by atoms with Crippen molar-refractivity contribution >= 4 is 23.9 Å². The van der Waals surface area contributed by atoms with E-state index >= 15 is 0 Å². The number of carboxylic acid groups (broad SMARTS) is 1. The largest absolute Gasteiger partial charge is 0.480 e. The Morgan fingerprint density at radius 3 is 2.74 bits per heavy atom. The predicted octanol–water partition coefficient (Wildman–Crippen LogP) is -1.11. The number of aliphatic carboxylic acids is 1. The minimum absolute atomic E-state index is 0.0441. The Morgan fingerprint density at radius 2 is 2.11 bits per heavy atom. The van der Waals surface area contributed by atoms with E-state index in [0.29, 0.717) is 0 Å². The standard InChI is InChI=1S/C10H11N5O4/c16-7-5-15(6(4-13-7)8(17)18)10(19)14-9-11-2-1-3-12-9/h1-3,6H,4-5H2,(H,13,16)(H,17,18)(H,11,12,14,19). The van der Waals surface area contributed by atoms with Crippen LogP contribution in [0.2, 0.25) is 0 Å². The number of piperazine rings is 1. The molecule has 0 bridgehead atoms. The summed E-state index contributed by atoms with van der Waals surface area (Å²) in [7, 11) is 0. The summed E-state index contributed by atoms with van der Waals surface area (Å²) in [6.45, 7) is -0.452. The van der Waals surface area contributed by atoms with Gasteiger partial charge in [0.1, 0.15) is 12.6 Å². The van der Waals surface area contributed by atoms with E-state index in [1.54, 1.807) is 6.07 Å². The normalized spacial score (nSPS) is 18.6. The third-order valence-corrected chi connectivity index (χ3v) is 2.51. The summed E-state index contributed by atoms with van der Waals surface area (Å²) in [5.74, 6) is -1.56. The molecule has 100 valence electrons. The van der Waals surface area contributed by atoms with E-state index in [4.69, 9.17) is 5.11 Å². The molecular weight excluding hydrogens is 254 g/mol.